The van der Waals surface area contributed by atoms with Gasteiger partial charge in [0.25, 0.3) is 0 Å². The van der Waals surface area contributed by atoms with Gasteiger partial charge < -0.3 is 15.4 Å². The Kier molecular flexibility index (Phi) is 6.80. The van der Waals surface area contributed by atoms with E-state index in [0.29, 0.717) is 40.0 Å². The lowest BCUT2D eigenvalue weighted by atomic mass is 10.1. The van der Waals surface area contributed by atoms with Crippen LogP contribution in [-0.2, 0) is 11.2 Å². The fraction of sp³-hybridized carbons (Fsp3) is 0.316. The summed E-state index contributed by atoms with van der Waals surface area (Å²) in [6.45, 7) is 9.36. The van der Waals surface area contributed by atoms with E-state index >= 15 is 0 Å². The predicted octanol–water partition coefficient (Wildman–Crippen LogP) is 2.85. The molecule has 1 amide bonds. The van der Waals surface area contributed by atoms with Gasteiger partial charge in [-0.05, 0) is 24.1 Å². The molecule has 0 aliphatic carbocycles. The molecule has 2 aromatic rings. The van der Waals surface area contributed by atoms with Gasteiger partial charge in [-0.2, -0.15) is 5.26 Å². The Labute approximate surface area is 168 Å². The summed E-state index contributed by atoms with van der Waals surface area (Å²) in [5.74, 6) is 0.392. The van der Waals surface area contributed by atoms with E-state index in [1.807, 2.05) is 6.92 Å². The minimum absolute atomic E-state index is 0.281. The number of carbonyl (C=O) groups excluding carboxylic acids is 1. The van der Waals surface area contributed by atoms with E-state index in [9.17, 15) is 10.1 Å². The first-order valence-electron chi connectivity index (χ1n) is 8.35. The first-order chi connectivity index (χ1) is 13.4. The fourth-order valence-corrected chi connectivity index (χ4v) is 3.63. The number of thioether (sulfide) groups is 1. The van der Waals surface area contributed by atoms with Gasteiger partial charge in [0.15, 0.2) is 0 Å². The summed E-state index contributed by atoms with van der Waals surface area (Å²) in [6, 6.07) is 5.46. The van der Waals surface area contributed by atoms with E-state index in [-0.39, 0.29) is 5.56 Å². The first kappa shape index (κ1) is 21.0. The lowest BCUT2D eigenvalue weighted by Crippen LogP contribution is -2.20. The van der Waals surface area contributed by atoms with Crippen molar-refractivity contribution in [1.29, 1.82) is 5.26 Å². The van der Waals surface area contributed by atoms with Gasteiger partial charge in [-0.3, -0.25) is 9.78 Å². The van der Waals surface area contributed by atoms with Crippen LogP contribution in [0, 0.1) is 17.9 Å². The van der Waals surface area contributed by atoms with Crippen LogP contribution in [0.4, 0.5) is 11.5 Å². The first-order valence-corrected chi connectivity index (χ1v) is 9.23. The van der Waals surface area contributed by atoms with Crippen molar-refractivity contribution in [2.45, 2.75) is 23.6 Å². The topological polar surface area (TPSA) is 109 Å². The number of carbonyl (C=O) groups is 1. The van der Waals surface area contributed by atoms with Crippen molar-refractivity contribution >= 4 is 29.2 Å². The zero-order valence-electron chi connectivity index (χ0n) is 16.1. The molecule has 2 heterocycles. The Morgan fingerprint density at radius 2 is 2.21 bits per heavy atom. The molecule has 1 atom stereocenters. The number of pyridine rings is 2. The van der Waals surface area contributed by atoms with Crippen LogP contribution < -0.4 is 15.4 Å². The third kappa shape index (κ3) is 4.16. The van der Waals surface area contributed by atoms with Crippen molar-refractivity contribution in [3.8, 4) is 11.8 Å². The van der Waals surface area contributed by atoms with E-state index in [4.69, 9.17) is 17.0 Å². The molecular formula is C19H20N6O2S. The summed E-state index contributed by atoms with van der Waals surface area (Å²) >= 11 is 1.05. The Hall–Kier alpha value is -3.30. The quantitative estimate of drug-likeness (QED) is 0.566. The Bertz CT molecular complexity index is 960. The van der Waals surface area contributed by atoms with Gasteiger partial charge in [-0.1, -0.05) is 18.7 Å². The van der Waals surface area contributed by atoms with Crippen LogP contribution in [0.1, 0.15) is 29.0 Å². The average molecular weight is 396 g/mol. The van der Waals surface area contributed by atoms with E-state index in [0.717, 1.165) is 11.8 Å². The molecular weight excluding hydrogens is 376 g/mol. The van der Waals surface area contributed by atoms with Crippen molar-refractivity contribution < 1.29 is 9.53 Å². The molecule has 2 rings (SSSR count). The highest BCUT2D eigenvalue weighted by Crippen LogP contribution is 2.41. The zero-order chi connectivity index (χ0) is 20.8. The van der Waals surface area contributed by atoms with Crippen LogP contribution in [0.15, 0.2) is 23.4 Å². The summed E-state index contributed by atoms with van der Waals surface area (Å²) in [7, 11) is 5.06. The van der Waals surface area contributed by atoms with E-state index in [1.165, 1.54) is 13.3 Å². The maximum absolute atomic E-state index is 12.1. The van der Waals surface area contributed by atoms with Crippen molar-refractivity contribution in [1.82, 2.24) is 9.97 Å². The van der Waals surface area contributed by atoms with Gasteiger partial charge >= 0.3 is 0 Å². The van der Waals surface area contributed by atoms with Crippen LogP contribution in [0.5, 0.6) is 5.75 Å². The molecule has 144 valence electrons. The number of hydrogen-bond acceptors (Lipinski definition) is 7. The average Bonchev–Trinajstić information content (AvgIpc) is 2.70. The molecule has 1 unspecified atom stereocenters. The van der Waals surface area contributed by atoms with Crippen molar-refractivity contribution in [3.05, 3.63) is 46.6 Å². The molecule has 2 N–H and O–H groups in total. The maximum Gasteiger partial charge on any atom is 0.237 e. The fourth-order valence-electron chi connectivity index (χ4n) is 2.60. The number of methoxy groups -OCH3 is 1. The smallest absolute Gasteiger partial charge is 0.237 e. The van der Waals surface area contributed by atoms with Gasteiger partial charge in [0.1, 0.15) is 27.9 Å². The molecule has 0 radical (unpaired) electrons. The van der Waals surface area contributed by atoms with Gasteiger partial charge in [0, 0.05) is 14.1 Å². The predicted molar refractivity (Wildman–Crippen MR) is 108 cm³/mol. The second kappa shape index (κ2) is 9.07. The van der Waals surface area contributed by atoms with Gasteiger partial charge in [-0.15, -0.1) is 0 Å². The minimum Gasteiger partial charge on any atom is -0.495 e. The summed E-state index contributed by atoms with van der Waals surface area (Å²) in [4.78, 5) is 26.1. The van der Waals surface area contributed by atoms with Crippen LogP contribution in [0.2, 0.25) is 0 Å². The molecule has 2 aromatic heterocycles. The Balaban J connectivity index is 2.61. The molecule has 0 aliphatic rings. The number of ether oxygens (including phenoxy) is 1. The number of nitrogens with zero attached hydrogens (tertiary/aromatic N) is 5. The molecule has 0 spiro atoms. The van der Waals surface area contributed by atoms with Crippen LogP contribution in [0.3, 0.4) is 0 Å². The maximum atomic E-state index is 12.1. The van der Waals surface area contributed by atoms with Crippen molar-refractivity contribution in [2.24, 2.45) is 5.73 Å². The van der Waals surface area contributed by atoms with Gasteiger partial charge in [0.2, 0.25) is 11.6 Å². The molecule has 28 heavy (non-hydrogen) atoms. The zero-order valence-corrected chi connectivity index (χ0v) is 16.9. The monoisotopic (exact) mass is 396 g/mol. The van der Waals surface area contributed by atoms with Gasteiger partial charge in [-0.25, -0.2) is 9.83 Å². The molecule has 0 saturated heterocycles. The van der Waals surface area contributed by atoms with Crippen molar-refractivity contribution in [2.75, 3.05) is 26.1 Å². The standard InChI is InChI=1S/C19H20N6O2S/c1-6-12-13(9-20)19(24-18(25(3)4)15(12)22-2)28-16(17(21)26)14-8-7-11(27-5)10-23-14/h7-8,10,16H,6H2,1,3-5H3,(H2,21,26). The highest BCUT2D eigenvalue weighted by molar-refractivity contribution is 8.00. The molecule has 0 bridgehead atoms. The lowest BCUT2D eigenvalue weighted by molar-refractivity contribution is -0.117. The third-order valence-corrected chi connectivity index (χ3v) is 5.20. The molecule has 0 saturated carbocycles. The number of nitrogens with two attached hydrogens (primary N) is 1. The highest BCUT2D eigenvalue weighted by Gasteiger charge is 2.27. The second-order valence-electron chi connectivity index (χ2n) is 5.94. The number of anilines is 1. The largest absolute Gasteiger partial charge is 0.495 e. The Morgan fingerprint density at radius 3 is 2.64 bits per heavy atom. The highest BCUT2D eigenvalue weighted by atomic mass is 32.2. The summed E-state index contributed by atoms with van der Waals surface area (Å²) in [5, 5.41) is 9.20. The normalized spacial score (nSPS) is 11.2. The summed E-state index contributed by atoms with van der Waals surface area (Å²) < 4.78 is 5.09. The van der Waals surface area contributed by atoms with Gasteiger partial charge in [0.05, 0.1) is 31.1 Å². The lowest BCUT2D eigenvalue weighted by Gasteiger charge is -2.20. The second-order valence-corrected chi connectivity index (χ2v) is 7.03. The third-order valence-electron chi connectivity index (χ3n) is 3.97. The number of primary amides is 1. The number of rotatable bonds is 7. The van der Waals surface area contributed by atoms with Crippen LogP contribution in [0.25, 0.3) is 4.85 Å². The van der Waals surface area contributed by atoms with Crippen molar-refractivity contribution in [3.63, 3.8) is 0 Å². The molecule has 8 nitrogen and oxygen atoms in total. The molecule has 0 aliphatic heterocycles. The minimum atomic E-state index is -0.844. The summed E-state index contributed by atoms with van der Waals surface area (Å²) in [6.07, 6.45) is 1.98. The molecule has 0 fully saturated rings. The Morgan fingerprint density at radius 1 is 1.50 bits per heavy atom. The SMILES string of the molecule is [C-]#[N+]c1c(N(C)C)nc(SC(C(N)=O)c2ccc(OC)cn2)c(C#N)c1CC. The number of aromatic nitrogens is 2. The number of hydrogen-bond donors (Lipinski definition) is 1. The van der Waals surface area contributed by atoms with E-state index in [2.05, 4.69) is 20.9 Å². The number of nitriles is 1. The van der Waals surface area contributed by atoms with E-state index in [1.54, 1.807) is 31.1 Å². The summed E-state index contributed by atoms with van der Waals surface area (Å²) in [5.41, 5.74) is 7.26. The van der Waals surface area contributed by atoms with E-state index < -0.39 is 11.2 Å². The van der Waals surface area contributed by atoms with Crippen LogP contribution in [-0.4, -0.2) is 37.1 Å². The molecule has 9 heteroatoms. The van der Waals surface area contributed by atoms with Crippen LogP contribution >= 0.6 is 11.8 Å². The number of amides is 1. The molecule has 0 aromatic carbocycles.